The Morgan fingerprint density at radius 2 is 1.85 bits per heavy atom. The van der Waals surface area contributed by atoms with Crippen LogP contribution in [0.3, 0.4) is 0 Å². The van der Waals surface area contributed by atoms with Gasteiger partial charge in [-0.3, -0.25) is 0 Å². The van der Waals surface area contributed by atoms with Gasteiger partial charge in [0.15, 0.2) is 0 Å². The van der Waals surface area contributed by atoms with E-state index in [-0.39, 0.29) is 5.69 Å². The molecule has 0 bridgehead atoms. The van der Waals surface area contributed by atoms with Crippen LogP contribution in [-0.2, 0) is 10.9 Å². The smallest absolute Gasteiger partial charge is 0.463 e. The zero-order valence-corrected chi connectivity index (χ0v) is 10.6. The van der Waals surface area contributed by atoms with Crippen molar-refractivity contribution >= 4 is 5.97 Å². The molecule has 0 aliphatic rings. The van der Waals surface area contributed by atoms with E-state index in [2.05, 4.69) is 14.1 Å². The van der Waals surface area contributed by atoms with Crippen molar-refractivity contribution < 1.29 is 27.1 Å². The van der Waals surface area contributed by atoms with Gasteiger partial charge in [-0.2, -0.15) is 13.2 Å². The minimum atomic E-state index is -4.77. The molecule has 0 saturated heterocycles. The van der Waals surface area contributed by atoms with Gasteiger partial charge in [0.05, 0.1) is 7.11 Å². The van der Waals surface area contributed by atoms with Gasteiger partial charge < -0.3 is 9.15 Å². The fraction of sp³-hybridized carbons (Fsp3) is 0.231. The van der Waals surface area contributed by atoms with Gasteiger partial charge in [0.2, 0.25) is 5.76 Å². The molecule has 0 radical (unpaired) electrons. The second-order valence-electron chi connectivity index (χ2n) is 4.05. The molecular formula is C13H10F3NO3. The maximum absolute atomic E-state index is 12.6. The number of hydrogen-bond donors (Lipinski definition) is 0. The van der Waals surface area contributed by atoms with Crippen molar-refractivity contribution in [1.29, 1.82) is 0 Å². The highest BCUT2D eigenvalue weighted by molar-refractivity contribution is 5.93. The molecular weight excluding hydrogens is 275 g/mol. The highest BCUT2D eigenvalue weighted by atomic mass is 19.4. The molecule has 0 aliphatic carbocycles. The number of esters is 1. The van der Waals surface area contributed by atoms with Gasteiger partial charge in [-0.25, -0.2) is 9.78 Å². The van der Waals surface area contributed by atoms with Crippen LogP contribution in [0, 0.1) is 6.92 Å². The molecule has 0 atom stereocenters. The fourth-order valence-electron chi connectivity index (χ4n) is 1.58. The minimum Gasteiger partial charge on any atom is -0.463 e. The van der Waals surface area contributed by atoms with Crippen molar-refractivity contribution in [3.05, 3.63) is 41.5 Å². The summed E-state index contributed by atoms with van der Waals surface area (Å²) < 4.78 is 46.8. The van der Waals surface area contributed by atoms with Crippen LogP contribution in [0.4, 0.5) is 13.2 Å². The molecule has 0 spiro atoms. The summed E-state index contributed by atoms with van der Waals surface area (Å²) in [6.45, 7) is 1.83. The van der Waals surface area contributed by atoms with Crippen LogP contribution in [-0.4, -0.2) is 18.1 Å². The molecule has 1 aromatic heterocycles. The monoisotopic (exact) mass is 285 g/mol. The number of benzene rings is 1. The van der Waals surface area contributed by atoms with E-state index in [1.54, 1.807) is 24.3 Å². The van der Waals surface area contributed by atoms with Crippen molar-refractivity contribution in [2.45, 2.75) is 13.1 Å². The minimum absolute atomic E-state index is 0.191. The number of carbonyl (C=O) groups excluding carboxylic acids is 1. The van der Waals surface area contributed by atoms with Crippen molar-refractivity contribution in [1.82, 2.24) is 4.98 Å². The van der Waals surface area contributed by atoms with Gasteiger partial charge in [-0.05, 0) is 6.92 Å². The van der Waals surface area contributed by atoms with E-state index in [9.17, 15) is 18.0 Å². The third-order valence-electron chi connectivity index (χ3n) is 2.57. The number of halogens is 3. The van der Waals surface area contributed by atoms with Crippen molar-refractivity contribution in [2.75, 3.05) is 7.11 Å². The number of rotatable bonds is 2. The van der Waals surface area contributed by atoms with Gasteiger partial charge >= 0.3 is 18.0 Å². The Hall–Kier alpha value is -2.31. The number of carbonyl (C=O) groups is 1. The number of methoxy groups -OCH3 is 1. The number of aryl methyl sites for hydroxylation is 1. The first-order chi connectivity index (χ1) is 9.32. The SMILES string of the molecule is COC(=O)c1oc(C(F)(F)F)nc1-c1ccc(C)cc1. The molecule has 7 heteroatoms. The summed E-state index contributed by atoms with van der Waals surface area (Å²) in [6, 6.07) is 6.50. The topological polar surface area (TPSA) is 52.3 Å². The predicted molar refractivity (Wildman–Crippen MR) is 63.0 cm³/mol. The molecule has 0 amide bonds. The lowest BCUT2D eigenvalue weighted by molar-refractivity contribution is -0.157. The normalized spacial score (nSPS) is 11.4. The number of aromatic nitrogens is 1. The molecule has 0 fully saturated rings. The largest absolute Gasteiger partial charge is 0.468 e. The van der Waals surface area contributed by atoms with Crippen LogP contribution in [0.5, 0.6) is 0 Å². The predicted octanol–water partition coefficient (Wildman–Crippen LogP) is 3.46. The quantitative estimate of drug-likeness (QED) is 0.793. The highest BCUT2D eigenvalue weighted by Crippen LogP contribution is 2.33. The van der Waals surface area contributed by atoms with E-state index in [0.717, 1.165) is 12.7 Å². The van der Waals surface area contributed by atoms with Crippen LogP contribution in [0.15, 0.2) is 28.7 Å². The fourth-order valence-corrected chi connectivity index (χ4v) is 1.58. The third-order valence-corrected chi connectivity index (χ3v) is 2.57. The zero-order chi connectivity index (χ0) is 14.9. The maximum Gasteiger partial charge on any atom is 0.468 e. The van der Waals surface area contributed by atoms with Gasteiger partial charge in [0.25, 0.3) is 0 Å². The van der Waals surface area contributed by atoms with Crippen LogP contribution in [0.1, 0.15) is 22.0 Å². The molecule has 20 heavy (non-hydrogen) atoms. The summed E-state index contributed by atoms with van der Waals surface area (Å²) in [7, 11) is 1.05. The van der Waals surface area contributed by atoms with E-state index in [1.165, 1.54) is 0 Å². The number of nitrogens with zero attached hydrogens (tertiary/aromatic N) is 1. The Labute approximate surface area is 112 Å². The Kier molecular flexibility index (Phi) is 3.52. The Morgan fingerprint density at radius 1 is 1.25 bits per heavy atom. The van der Waals surface area contributed by atoms with Crippen molar-refractivity contribution in [3.8, 4) is 11.3 Å². The Morgan fingerprint density at radius 3 is 2.35 bits per heavy atom. The van der Waals surface area contributed by atoms with Crippen LogP contribution in [0.2, 0.25) is 0 Å². The number of hydrogen-bond acceptors (Lipinski definition) is 4. The van der Waals surface area contributed by atoms with E-state index in [1.807, 2.05) is 6.92 Å². The van der Waals surface area contributed by atoms with E-state index < -0.39 is 23.8 Å². The second kappa shape index (κ2) is 4.99. The molecule has 0 aliphatic heterocycles. The lowest BCUT2D eigenvalue weighted by Gasteiger charge is -2.00. The van der Waals surface area contributed by atoms with Crippen molar-refractivity contribution in [3.63, 3.8) is 0 Å². The summed E-state index contributed by atoms with van der Waals surface area (Å²) in [5.74, 6) is -3.05. The molecule has 1 aromatic carbocycles. The van der Waals surface area contributed by atoms with Crippen molar-refractivity contribution in [2.24, 2.45) is 0 Å². The standard InChI is InChI=1S/C13H10F3NO3/c1-7-3-5-8(6-4-7)9-10(11(18)19-2)20-12(17-9)13(14,15)16/h3-6H,1-2H3. The number of ether oxygens (including phenoxy) is 1. The molecule has 0 saturated carbocycles. The highest BCUT2D eigenvalue weighted by Gasteiger charge is 2.40. The maximum atomic E-state index is 12.6. The summed E-state index contributed by atoms with van der Waals surface area (Å²) in [6.07, 6.45) is -4.77. The van der Waals surface area contributed by atoms with E-state index in [0.29, 0.717) is 5.56 Å². The average Bonchev–Trinajstić information content (AvgIpc) is 2.83. The Balaban J connectivity index is 2.58. The summed E-state index contributed by atoms with van der Waals surface area (Å²) in [5, 5.41) is 0. The lowest BCUT2D eigenvalue weighted by Crippen LogP contribution is -2.05. The summed E-state index contributed by atoms with van der Waals surface area (Å²) >= 11 is 0. The van der Waals surface area contributed by atoms with E-state index in [4.69, 9.17) is 0 Å². The van der Waals surface area contributed by atoms with Crippen LogP contribution >= 0.6 is 0 Å². The van der Waals surface area contributed by atoms with Gasteiger partial charge in [0.1, 0.15) is 5.69 Å². The van der Waals surface area contributed by atoms with Gasteiger partial charge in [-0.15, -0.1) is 0 Å². The molecule has 0 N–H and O–H groups in total. The summed E-state index contributed by atoms with van der Waals surface area (Å²) in [5.41, 5.74) is 1.08. The molecule has 2 aromatic rings. The number of alkyl halides is 3. The first-order valence-corrected chi connectivity index (χ1v) is 5.56. The summed E-state index contributed by atoms with van der Waals surface area (Å²) in [4.78, 5) is 14.8. The van der Waals surface area contributed by atoms with Crippen LogP contribution < -0.4 is 0 Å². The molecule has 1 heterocycles. The molecule has 2 rings (SSSR count). The second-order valence-corrected chi connectivity index (χ2v) is 4.05. The van der Waals surface area contributed by atoms with E-state index >= 15 is 0 Å². The Bertz CT molecular complexity index is 629. The van der Waals surface area contributed by atoms with Gasteiger partial charge in [-0.1, -0.05) is 29.8 Å². The van der Waals surface area contributed by atoms with Gasteiger partial charge in [0, 0.05) is 5.56 Å². The third kappa shape index (κ3) is 2.66. The van der Waals surface area contributed by atoms with Crippen LogP contribution in [0.25, 0.3) is 11.3 Å². The molecule has 0 unspecified atom stereocenters. The molecule has 106 valence electrons. The first kappa shape index (κ1) is 14.1. The zero-order valence-electron chi connectivity index (χ0n) is 10.6. The number of oxazole rings is 1. The average molecular weight is 285 g/mol. The molecule has 4 nitrogen and oxygen atoms in total. The first-order valence-electron chi connectivity index (χ1n) is 5.56. The lowest BCUT2D eigenvalue weighted by atomic mass is 10.1.